The number of carbonyl (C=O) groups excluding carboxylic acids is 2. The number of nitrogens with zero attached hydrogens (tertiary/aromatic N) is 2. The zero-order valence-electron chi connectivity index (χ0n) is 14.6. The molecule has 0 aliphatic rings. The van der Waals surface area contributed by atoms with Gasteiger partial charge in [-0.25, -0.2) is 4.98 Å². The van der Waals surface area contributed by atoms with Gasteiger partial charge in [0, 0.05) is 27.7 Å². The van der Waals surface area contributed by atoms with Crippen LogP contribution in [0.15, 0.2) is 42.6 Å². The van der Waals surface area contributed by atoms with Gasteiger partial charge in [0.05, 0.1) is 18.5 Å². The predicted octanol–water partition coefficient (Wildman–Crippen LogP) is 1.55. The standard InChI is InChI=1S/C18H22N4O3/c1-22(2)16-9-8-15(11-19-16)21-18(24)17(23)20-10-13-4-6-14(7-5-13)12-25-3/h4-9,11H,10,12H2,1-3H3,(H,20,23)(H,21,24). The van der Waals surface area contributed by atoms with Crippen molar-refractivity contribution in [1.29, 1.82) is 0 Å². The fraction of sp³-hybridized carbons (Fsp3) is 0.278. The largest absolute Gasteiger partial charge is 0.380 e. The molecule has 0 saturated heterocycles. The van der Waals surface area contributed by atoms with Crippen molar-refractivity contribution in [3.05, 3.63) is 53.7 Å². The molecule has 0 spiro atoms. The number of pyridine rings is 1. The second-order valence-corrected chi connectivity index (χ2v) is 5.69. The Morgan fingerprint density at radius 3 is 2.28 bits per heavy atom. The first-order chi connectivity index (χ1) is 12.0. The van der Waals surface area contributed by atoms with Crippen molar-refractivity contribution in [2.24, 2.45) is 0 Å². The van der Waals surface area contributed by atoms with Gasteiger partial charge in [-0.3, -0.25) is 9.59 Å². The summed E-state index contributed by atoms with van der Waals surface area (Å²) in [5.74, 6) is -0.660. The number of methoxy groups -OCH3 is 1. The van der Waals surface area contributed by atoms with Gasteiger partial charge in [0.15, 0.2) is 0 Å². The van der Waals surface area contributed by atoms with E-state index >= 15 is 0 Å². The summed E-state index contributed by atoms with van der Waals surface area (Å²) in [5, 5.41) is 5.11. The van der Waals surface area contributed by atoms with Crippen molar-refractivity contribution in [3.63, 3.8) is 0 Å². The minimum Gasteiger partial charge on any atom is -0.380 e. The van der Waals surface area contributed by atoms with E-state index in [0.29, 0.717) is 12.3 Å². The van der Waals surface area contributed by atoms with Crippen LogP contribution in [-0.4, -0.2) is 38.0 Å². The molecule has 2 N–H and O–H groups in total. The highest BCUT2D eigenvalue weighted by molar-refractivity contribution is 6.39. The molecule has 1 aromatic carbocycles. The summed E-state index contributed by atoms with van der Waals surface area (Å²) in [6.07, 6.45) is 1.51. The van der Waals surface area contributed by atoms with E-state index in [4.69, 9.17) is 4.74 Å². The molecule has 1 aromatic heterocycles. The SMILES string of the molecule is COCc1ccc(CNC(=O)C(=O)Nc2ccc(N(C)C)nc2)cc1. The van der Waals surface area contributed by atoms with Crippen LogP contribution in [0.2, 0.25) is 0 Å². The first kappa shape index (κ1) is 18.4. The third-order valence-electron chi connectivity index (χ3n) is 3.46. The molecule has 2 rings (SSSR count). The molecular weight excluding hydrogens is 320 g/mol. The van der Waals surface area contributed by atoms with Crippen molar-refractivity contribution in [2.75, 3.05) is 31.4 Å². The van der Waals surface area contributed by atoms with E-state index in [-0.39, 0.29) is 6.54 Å². The molecule has 2 aromatic rings. The summed E-state index contributed by atoms with van der Waals surface area (Å²) < 4.78 is 5.04. The molecule has 0 radical (unpaired) electrons. The second-order valence-electron chi connectivity index (χ2n) is 5.69. The van der Waals surface area contributed by atoms with Crippen molar-refractivity contribution in [3.8, 4) is 0 Å². The van der Waals surface area contributed by atoms with Crippen LogP contribution >= 0.6 is 0 Å². The molecule has 25 heavy (non-hydrogen) atoms. The zero-order chi connectivity index (χ0) is 18.2. The number of amides is 2. The molecule has 1 heterocycles. The van der Waals surface area contributed by atoms with Crippen LogP contribution in [0.4, 0.5) is 11.5 Å². The predicted molar refractivity (Wildman–Crippen MR) is 96.2 cm³/mol. The topological polar surface area (TPSA) is 83.6 Å². The Bertz CT molecular complexity index is 712. The van der Waals surface area contributed by atoms with Crippen LogP contribution in [0.25, 0.3) is 0 Å². The van der Waals surface area contributed by atoms with Gasteiger partial charge in [-0.15, -0.1) is 0 Å². The minimum atomic E-state index is -0.726. The van der Waals surface area contributed by atoms with Crippen LogP contribution in [0.1, 0.15) is 11.1 Å². The fourth-order valence-electron chi connectivity index (χ4n) is 2.10. The number of benzene rings is 1. The third-order valence-corrected chi connectivity index (χ3v) is 3.46. The Labute approximate surface area is 147 Å². The summed E-state index contributed by atoms with van der Waals surface area (Å²) in [6.45, 7) is 0.813. The lowest BCUT2D eigenvalue weighted by atomic mass is 10.1. The molecule has 0 aliphatic carbocycles. The Kier molecular flexibility index (Phi) is 6.47. The number of ether oxygens (including phenoxy) is 1. The lowest BCUT2D eigenvalue weighted by Crippen LogP contribution is -2.35. The van der Waals surface area contributed by atoms with Gasteiger partial charge in [-0.1, -0.05) is 24.3 Å². The first-order valence-corrected chi connectivity index (χ1v) is 7.79. The normalized spacial score (nSPS) is 10.2. The fourth-order valence-corrected chi connectivity index (χ4v) is 2.10. The van der Waals surface area contributed by atoms with Crippen molar-refractivity contribution in [1.82, 2.24) is 10.3 Å². The van der Waals surface area contributed by atoms with Crippen molar-refractivity contribution >= 4 is 23.3 Å². The Balaban J connectivity index is 1.84. The molecule has 7 heteroatoms. The molecule has 0 bridgehead atoms. The first-order valence-electron chi connectivity index (χ1n) is 7.79. The molecule has 0 saturated carbocycles. The molecule has 0 unspecified atom stereocenters. The quantitative estimate of drug-likeness (QED) is 0.778. The summed E-state index contributed by atoms with van der Waals surface area (Å²) >= 11 is 0. The monoisotopic (exact) mass is 342 g/mol. The maximum atomic E-state index is 11.9. The maximum absolute atomic E-state index is 11.9. The number of hydrogen-bond acceptors (Lipinski definition) is 5. The summed E-state index contributed by atoms with van der Waals surface area (Å²) in [6, 6.07) is 11.1. The highest BCUT2D eigenvalue weighted by Gasteiger charge is 2.13. The van der Waals surface area contributed by atoms with Gasteiger partial charge in [-0.05, 0) is 23.3 Å². The molecule has 0 fully saturated rings. The molecule has 7 nitrogen and oxygen atoms in total. The number of rotatable bonds is 6. The molecule has 0 aliphatic heterocycles. The van der Waals surface area contributed by atoms with E-state index in [1.807, 2.05) is 43.3 Å². The van der Waals surface area contributed by atoms with Crippen LogP contribution in [0.3, 0.4) is 0 Å². The van der Waals surface area contributed by atoms with E-state index in [0.717, 1.165) is 16.9 Å². The highest BCUT2D eigenvalue weighted by atomic mass is 16.5. The van der Waals surface area contributed by atoms with Crippen LogP contribution < -0.4 is 15.5 Å². The van der Waals surface area contributed by atoms with Gasteiger partial charge in [0.2, 0.25) is 0 Å². The number of hydrogen-bond donors (Lipinski definition) is 2. The lowest BCUT2D eigenvalue weighted by molar-refractivity contribution is -0.136. The average Bonchev–Trinajstić information content (AvgIpc) is 2.61. The van der Waals surface area contributed by atoms with Crippen LogP contribution in [0, 0.1) is 0 Å². The van der Waals surface area contributed by atoms with E-state index in [9.17, 15) is 9.59 Å². The molecular formula is C18H22N4O3. The Hall–Kier alpha value is -2.93. The number of anilines is 2. The second kappa shape index (κ2) is 8.79. The van der Waals surface area contributed by atoms with E-state index < -0.39 is 11.8 Å². The van der Waals surface area contributed by atoms with E-state index in [1.54, 1.807) is 19.2 Å². The smallest absolute Gasteiger partial charge is 0.313 e. The Morgan fingerprint density at radius 2 is 1.72 bits per heavy atom. The van der Waals surface area contributed by atoms with E-state index in [2.05, 4.69) is 15.6 Å². The molecule has 0 atom stereocenters. The zero-order valence-corrected chi connectivity index (χ0v) is 14.6. The van der Waals surface area contributed by atoms with Crippen molar-refractivity contribution in [2.45, 2.75) is 13.2 Å². The van der Waals surface area contributed by atoms with Gasteiger partial charge in [-0.2, -0.15) is 0 Å². The van der Waals surface area contributed by atoms with Crippen LogP contribution in [-0.2, 0) is 27.5 Å². The lowest BCUT2D eigenvalue weighted by Gasteiger charge is -2.11. The minimum absolute atomic E-state index is 0.275. The maximum Gasteiger partial charge on any atom is 0.313 e. The third kappa shape index (κ3) is 5.58. The molecule has 132 valence electrons. The average molecular weight is 342 g/mol. The number of aromatic nitrogens is 1. The summed E-state index contributed by atoms with van der Waals surface area (Å²) in [5.41, 5.74) is 2.41. The highest BCUT2D eigenvalue weighted by Crippen LogP contribution is 2.11. The summed E-state index contributed by atoms with van der Waals surface area (Å²) in [7, 11) is 5.38. The van der Waals surface area contributed by atoms with Gasteiger partial charge in [0.25, 0.3) is 0 Å². The van der Waals surface area contributed by atoms with Gasteiger partial charge < -0.3 is 20.3 Å². The van der Waals surface area contributed by atoms with Crippen molar-refractivity contribution < 1.29 is 14.3 Å². The Morgan fingerprint density at radius 1 is 1.04 bits per heavy atom. The van der Waals surface area contributed by atoms with Gasteiger partial charge >= 0.3 is 11.8 Å². The summed E-state index contributed by atoms with van der Waals surface area (Å²) in [4.78, 5) is 29.8. The van der Waals surface area contributed by atoms with Gasteiger partial charge in [0.1, 0.15) is 5.82 Å². The van der Waals surface area contributed by atoms with E-state index in [1.165, 1.54) is 6.20 Å². The number of carbonyl (C=O) groups is 2. The van der Waals surface area contributed by atoms with Crippen LogP contribution in [0.5, 0.6) is 0 Å². The molecule has 2 amide bonds. The number of nitrogens with one attached hydrogen (secondary N) is 2.